The summed E-state index contributed by atoms with van der Waals surface area (Å²) in [7, 11) is 1.68. The predicted molar refractivity (Wildman–Crippen MR) is 93.5 cm³/mol. The fraction of sp³-hybridized carbons (Fsp3) is 0.500. The molecular formula is C18H22N4O3. The van der Waals surface area contributed by atoms with Crippen LogP contribution in [0.5, 0.6) is 0 Å². The SMILES string of the molecule is CC(=O)N(C)c1coc2cnc(C(=O)N[C@H]3CN4CCC3CC4)cc12. The Kier molecular flexibility index (Phi) is 3.95. The number of furan rings is 1. The van der Waals surface area contributed by atoms with Gasteiger partial charge in [0, 0.05) is 31.9 Å². The van der Waals surface area contributed by atoms with E-state index in [0.29, 0.717) is 28.3 Å². The normalized spacial score (nSPS) is 25.1. The number of piperidine rings is 3. The van der Waals surface area contributed by atoms with Gasteiger partial charge in [-0.15, -0.1) is 0 Å². The van der Waals surface area contributed by atoms with Crippen molar-refractivity contribution in [3.8, 4) is 0 Å². The largest absolute Gasteiger partial charge is 0.460 e. The molecule has 3 fully saturated rings. The lowest BCUT2D eigenvalue weighted by atomic mass is 9.84. The van der Waals surface area contributed by atoms with Crippen molar-refractivity contribution in [2.24, 2.45) is 5.92 Å². The van der Waals surface area contributed by atoms with Crippen LogP contribution in [-0.4, -0.2) is 54.4 Å². The molecule has 2 aromatic heterocycles. The number of anilines is 1. The van der Waals surface area contributed by atoms with Gasteiger partial charge in [-0.3, -0.25) is 9.59 Å². The summed E-state index contributed by atoms with van der Waals surface area (Å²) in [6.45, 7) is 4.68. The summed E-state index contributed by atoms with van der Waals surface area (Å²) >= 11 is 0. The zero-order chi connectivity index (χ0) is 17.6. The smallest absolute Gasteiger partial charge is 0.270 e. The third kappa shape index (κ3) is 2.89. The molecule has 3 saturated heterocycles. The van der Waals surface area contributed by atoms with Gasteiger partial charge in [0.15, 0.2) is 5.58 Å². The summed E-state index contributed by atoms with van der Waals surface area (Å²) in [5.41, 5.74) is 1.55. The lowest BCUT2D eigenvalue weighted by Gasteiger charge is -2.44. The van der Waals surface area contributed by atoms with Crippen LogP contribution in [0, 0.1) is 5.92 Å². The van der Waals surface area contributed by atoms with Crippen LogP contribution in [0.15, 0.2) is 22.9 Å². The van der Waals surface area contributed by atoms with Crippen LogP contribution in [0.1, 0.15) is 30.3 Å². The van der Waals surface area contributed by atoms with E-state index in [1.807, 2.05) is 0 Å². The molecule has 0 radical (unpaired) electrons. The maximum atomic E-state index is 12.7. The van der Waals surface area contributed by atoms with Crippen LogP contribution < -0.4 is 10.2 Å². The number of fused-ring (bicyclic) bond motifs is 4. The minimum atomic E-state index is -0.168. The zero-order valence-corrected chi connectivity index (χ0v) is 14.5. The third-order valence-electron chi connectivity index (χ3n) is 5.48. The van der Waals surface area contributed by atoms with Crippen molar-refractivity contribution in [2.75, 3.05) is 31.6 Å². The van der Waals surface area contributed by atoms with Gasteiger partial charge in [0.1, 0.15) is 12.0 Å². The van der Waals surface area contributed by atoms with E-state index in [1.165, 1.54) is 24.3 Å². The van der Waals surface area contributed by atoms with E-state index in [4.69, 9.17) is 4.42 Å². The molecule has 7 nitrogen and oxygen atoms in total. The number of nitrogens with one attached hydrogen (secondary N) is 1. The number of carbonyl (C=O) groups is 2. The molecule has 2 bridgehead atoms. The Hall–Kier alpha value is -2.41. The second kappa shape index (κ2) is 6.15. The molecule has 0 aromatic carbocycles. The molecule has 0 aliphatic carbocycles. The average Bonchev–Trinajstić information content (AvgIpc) is 3.05. The second-order valence-corrected chi connectivity index (χ2v) is 6.98. The molecule has 0 spiro atoms. The van der Waals surface area contributed by atoms with Crippen LogP contribution in [-0.2, 0) is 4.79 Å². The molecule has 132 valence electrons. The van der Waals surface area contributed by atoms with E-state index in [2.05, 4.69) is 15.2 Å². The van der Waals surface area contributed by atoms with Gasteiger partial charge >= 0.3 is 0 Å². The van der Waals surface area contributed by atoms with Crippen molar-refractivity contribution in [3.05, 3.63) is 24.2 Å². The summed E-state index contributed by atoms with van der Waals surface area (Å²) in [6, 6.07) is 1.89. The Morgan fingerprint density at radius 3 is 2.76 bits per heavy atom. The van der Waals surface area contributed by atoms with Gasteiger partial charge in [-0.05, 0) is 37.9 Å². The van der Waals surface area contributed by atoms with Crippen LogP contribution in [0.2, 0.25) is 0 Å². The van der Waals surface area contributed by atoms with Gasteiger partial charge in [0.2, 0.25) is 5.91 Å². The average molecular weight is 342 g/mol. The molecule has 1 atom stereocenters. The van der Waals surface area contributed by atoms with Gasteiger partial charge < -0.3 is 19.5 Å². The van der Waals surface area contributed by atoms with Gasteiger partial charge in [0.05, 0.1) is 11.9 Å². The minimum Gasteiger partial charge on any atom is -0.460 e. The first-order valence-corrected chi connectivity index (χ1v) is 8.67. The minimum absolute atomic E-state index is 0.0993. The van der Waals surface area contributed by atoms with Crippen LogP contribution in [0.3, 0.4) is 0 Å². The van der Waals surface area contributed by atoms with E-state index in [9.17, 15) is 9.59 Å². The second-order valence-electron chi connectivity index (χ2n) is 6.98. The van der Waals surface area contributed by atoms with E-state index in [1.54, 1.807) is 13.1 Å². The molecule has 7 heteroatoms. The van der Waals surface area contributed by atoms with Crippen molar-refractivity contribution in [1.82, 2.24) is 15.2 Å². The molecule has 5 rings (SSSR count). The topological polar surface area (TPSA) is 78.7 Å². The molecule has 25 heavy (non-hydrogen) atoms. The molecule has 2 aromatic rings. The Bertz CT molecular complexity index is 823. The number of aromatic nitrogens is 1. The monoisotopic (exact) mass is 342 g/mol. The Labute approximate surface area is 146 Å². The highest BCUT2D eigenvalue weighted by Gasteiger charge is 2.35. The van der Waals surface area contributed by atoms with Gasteiger partial charge in [-0.25, -0.2) is 4.98 Å². The maximum Gasteiger partial charge on any atom is 0.270 e. The highest BCUT2D eigenvalue weighted by atomic mass is 16.3. The van der Waals surface area contributed by atoms with Crippen molar-refractivity contribution in [2.45, 2.75) is 25.8 Å². The van der Waals surface area contributed by atoms with E-state index >= 15 is 0 Å². The summed E-state index contributed by atoms with van der Waals surface area (Å²) < 4.78 is 5.45. The van der Waals surface area contributed by atoms with E-state index in [-0.39, 0.29) is 17.9 Å². The Balaban J connectivity index is 1.57. The number of hydrogen-bond acceptors (Lipinski definition) is 5. The van der Waals surface area contributed by atoms with Crippen molar-refractivity contribution in [3.63, 3.8) is 0 Å². The van der Waals surface area contributed by atoms with Crippen molar-refractivity contribution < 1.29 is 14.0 Å². The first kappa shape index (κ1) is 16.1. The third-order valence-corrected chi connectivity index (χ3v) is 5.48. The van der Waals surface area contributed by atoms with E-state index in [0.717, 1.165) is 32.5 Å². The highest BCUT2D eigenvalue weighted by Crippen LogP contribution is 2.30. The molecule has 3 aliphatic heterocycles. The first-order chi connectivity index (χ1) is 12.0. The standard InChI is InChI=1S/C18H22N4O3/c1-11(23)21(2)16-10-25-17-8-19-14(7-13(16)17)18(24)20-15-9-22-5-3-12(15)4-6-22/h7-8,10,12,15H,3-6,9H2,1-2H3,(H,20,24)/t15-/m0/s1. The molecule has 5 heterocycles. The summed E-state index contributed by atoms with van der Waals surface area (Å²) in [6.07, 6.45) is 5.35. The number of rotatable bonds is 3. The van der Waals surface area contributed by atoms with Gasteiger partial charge in [0.25, 0.3) is 5.91 Å². The predicted octanol–water partition coefficient (Wildman–Crippen LogP) is 1.63. The summed E-state index contributed by atoms with van der Waals surface area (Å²) in [5.74, 6) is 0.294. The zero-order valence-electron chi connectivity index (χ0n) is 14.5. The molecule has 1 N–H and O–H groups in total. The fourth-order valence-corrected chi connectivity index (χ4v) is 3.84. The number of amides is 2. The Morgan fingerprint density at radius 1 is 1.36 bits per heavy atom. The molecule has 0 saturated carbocycles. The van der Waals surface area contributed by atoms with Gasteiger partial charge in [-0.2, -0.15) is 0 Å². The fourth-order valence-electron chi connectivity index (χ4n) is 3.84. The molecular weight excluding hydrogens is 320 g/mol. The first-order valence-electron chi connectivity index (χ1n) is 8.67. The lowest BCUT2D eigenvalue weighted by molar-refractivity contribution is -0.116. The quantitative estimate of drug-likeness (QED) is 0.917. The summed E-state index contributed by atoms with van der Waals surface area (Å²) in [5, 5.41) is 3.86. The highest BCUT2D eigenvalue weighted by molar-refractivity contribution is 6.03. The van der Waals surface area contributed by atoms with Crippen LogP contribution in [0.25, 0.3) is 11.0 Å². The van der Waals surface area contributed by atoms with E-state index < -0.39 is 0 Å². The van der Waals surface area contributed by atoms with Crippen LogP contribution in [0.4, 0.5) is 5.69 Å². The molecule has 3 aliphatic rings. The number of pyridine rings is 1. The van der Waals surface area contributed by atoms with Crippen molar-refractivity contribution >= 4 is 28.5 Å². The van der Waals surface area contributed by atoms with Gasteiger partial charge in [-0.1, -0.05) is 0 Å². The Morgan fingerprint density at radius 2 is 2.12 bits per heavy atom. The maximum absolute atomic E-state index is 12.7. The van der Waals surface area contributed by atoms with Crippen LogP contribution >= 0.6 is 0 Å². The van der Waals surface area contributed by atoms with Crippen molar-refractivity contribution in [1.29, 1.82) is 0 Å². The number of carbonyl (C=O) groups excluding carboxylic acids is 2. The number of nitrogens with zero attached hydrogens (tertiary/aromatic N) is 3. The molecule has 0 unspecified atom stereocenters. The molecule has 2 amide bonds. The lowest BCUT2D eigenvalue weighted by Crippen LogP contribution is -2.57. The number of hydrogen-bond donors (Lipinski definition) is 1. The summed E-state index contributed by atoms with van der Waals surface area (Å²) in [4.78, 5) is 32.4.